The van der Waals surface area contributed by atoms with Crippen LogP contribution in [0.1, 0.15) is 28.5 Å². The van der Waals surface area contributed by atoms with Crippen LogP contribution in [0.3, 0.4) is 0 Å². The molecule has 1 saturated heterocycles. The molecule has 1 fully saturated rings. The van der Waals surface area contributed by atoms with Gasteiger partial charge in [-0.3, -0.25) is 9.59 Å². The monoisotopic (exact) mass is 525 g/mol. The number of ether oxygens (including phenoxy) is 3. The molecule has 1 unspecified atom stereocenters. The first-order chi connectivity index (χ1) is 19.0. The van der Waals surface area contributed by atoms with Crippen molar-refractivity contribution in [3.05, 3.63) is 119 Å². The third-order valence-corrected chi connectivity index (χ3v) is 6.53. The number of furan rings is 1. The summed E-state index contributed by atoms with van der Waals surface area (Å²) in [7, 11) is 3.03. The van der Waals surface area contributed by atoms with Gasteiger partial charge in [0, 0.05) is 5.56 Å². The van der Waals surface area contributed by atoms with E-state index in [1.54, 1.807) is 54.6 Å². The van der Waals surface area contributed by atoms with Crippen molar-refractivity contribution in [1.29, 1.82) is 0 Å². The van der Waals surface area contributed by atoms with Crippen LogP contribution in [0.5, 0.6) is 17.2 Å². The summed E-state index contributed by atoms with van der Waals surface area (Å²) in [5.41, 5.74) is 1.87. The van der Waals surface area contributed by atoms with Crippen molar-refractivity contribution < 1.29 is 33.3 Å². The van der Waals surface area contributed by atoms with Gasteiger partial charge in [0.05, 0.1) is 38.6 Å². The number of aliphatic hydroxyl groups excluding tert-OH is 1. The fraction of sp³-hybridized carbons (Fsp3) is 0.161. The smallest absolute Gasteiger partial charge is 0.296 e. The van der Waals surface area contributed by atoms with Crippen molar-refractivity contribution in [2.24, 2.45) is 0 Å². The van der Waals surface area contributed by atoms with Crippen LogP contribution < -0.4 is 14.2 Å². The van der Waals surface area contributed by atoms with Gasteiger partial charge in [-0.2, -0.15) is 0 Å². The van der Waals surface area contributed by atoms with Crippen molar-refractivity contribution in [3.8, 4) is 17.2 Å². The Labute approximate surface area is 225 Å². The normalized spacial score (nSPS) is 16.4. The molecule has 0 radical (unpaired) electrons. The van der Waals surface area contributed by atoms with Crippen molar-refractivity contribution in [3.63, 3.8) is 0 Å². The molecule has 0 aliphatic carbocycles. The molecule has 1 aliphatic rings. The number of benzene rings is 3. The number of hydrogen-bond acceptors (Lipinski definition) is 7. The van der Waals surface area contributed by atoms with Gasteiger partial charge in [0.1, 0.15) is 23.9 Å². The van der Waals surface area contributed by atoms with Gasteiger partial charge in [-0.1, -0.05) is 48.5 Å². The summed E-state index contributed by atoms with van der Waals surface area (Å²) in [5, 5.41) is 11.3. The molecule has 1 aromatic heterocycles. The molecule has 39 heavy (non-hydrogen) atoms. The number of nitrogens with zero attached hydrogens (tertiary/aromatic N) is 1. The molecule has 3 aromatic carbocycles. The van der Waals surface area contributed by atoms with Crippen LogP contribution in [-0.2, 0) is 22.7 Å². The highest BCUT2D eigenvalue weighted by Crippen LogP contribution is 2.43. The molecule has 8 heteroatoms. The third-order valence-electron chi connectivity index (χ3n) is 6.53. The third kappa shape index (κ3) is 5.22. The first-order valence-corrected chi connectivity index (χ1v) is 12.3. The van der Waals surface area contributed by atoms with Crippen LogP contribution in [0.2, 0.25) is 0 Å². The molecule has 2 heterocycles. The molecule has 4 aromatic rings. The van der Waals surface area contributed by atoms with E-state index in [9.17, 15) is 14.7 Å². The lowest BCUT2D eigenvalue weighted by molar-refractivity contribution is -0.140. The Hall–Kier alpha value is -4.98. The summed E-state index contributed by atoms with van der Waals surface area (Å²) in [6, 6.07) is 24.1. The lowest BCUT2D eigenvalue weighted by Crippen LogP contribution is -2.29. The Balaban J connectivity index is 1.57. The van der Waals surface area contributed by atoms with E-state index in [-0.39, 0.29) is 17.9 Å². The number of rotatable bonds is 9. The largest absolute Gasteiger partial charge is 0.507 e. The maximum Gasteiger partial charge on any atom is 0.296 e. The number of amides is 1. The second-order valence-corrected chi connectivity index (χ2v) is 8.92. The Kier molecular flexibility index (Phi) is 7.36. The standard InChI is InChI=1S/C31H27NO7/c1-36-23-11-6-10-22(16-23)29(33)27-28(32(31(35)30(27)34)18-24-12-7-15-38-24)21-13-14-25(26(17-21)37-2)39-19-20-8-4-3-5-9-20/h3-17,28,33H,18-19H2,1-2H3. The summed E-state index contributed by atoms with van der Waals surface area (Å²) in [6.45, 7) is 0.370. The minimum atomic E-state index is -0.904. The molecule has 8 nitrogen and oxygen atoms in total. The highest BCUT2D eigenvalue weighted by Gasteiger charge is 2.46. The first kappa shape index (κ1) is 25.7. The second-order valence-electron chi connectivity index (χ2n) is 8.92. The van der Waals surface area contributed by atoms with Gasteiger partial charge in [-0.05, 0) is 47.5 Å². The number of hydrogen-bond donors (Lipinski definition) is 1. The van der Waals surface area contributed by atoms with E-state index in [0.717, 1.165) is 5.56 Å². The zero-order valence-corrected chi connectivity index (χ0v) is 21.5. The first-order valence-electron chi connectivity index (χ1n) is 12.3. The number of carbonyl (C=O) groups is 2. The van der Waals surface area contributed by atoms with E-state index in [4.69, 9.17) is 18.6 Å². The Morgan fingerprint density at radius 2 is 1.72 bits per heavy atom. The second kappa shape index (κ2) is 11.2. The molecule has 198 valence electrons. The summed E-state index contributed by atoms with van der Waals surface area (Å²) in [4.78, 5) is 28.0. The van der Waals surface area contributed by atoms with Gasteiger partial charge < -0.3 is 28.6 Å². The van der Waals surface area contributed by atoms with E-state index in [1.165, 1.54) is 25.4 Å². The van der Waals surface area contributed by atoms with Crippen molar-refractivity contribution >= 4 is 17.4 Å². The molecular weight excluding hydrogens is 498 g/mol. The minimum Gasteiger partial charge on any atom is -0.507 e. The van der Waals surface area contributed by atoms with Crippen LogP contribution in [0.25, 0.3) is 5.76 Å². The van der Waals surface area contributed by atoms with Gasteiger partial charge >= 0.3 is 0 Å². The van der Waals surface area contributed by atoms with Crippen molar-refractivity contribution in [2.75, 3.05) is 14.2 Å². The lowest BCUT2D eigenvalue weighted by atomic mass is 9.95. The van der Waals surface area contributed by atoms with Crippen LogP contribution in [0.15, 0.2) is 101 Å². The molecule has 1 N–H and O–H groups in total. The number of likely N-dealkylation sites (tertiary alicyclic amines) is 1. The average Bonchev–Trinajstić information content (AvgIpc) is 3.58. The Morgan fingerprint density at radius 3 is 2.44 bits per heavy atom. The van der Waals surface area contributed by atoms with Gasteiger partial charge in [-0.15, -0.1) is 0 Å². The maximum atomic E-state index is 13.4. The fourth-order valence-corrected chi connectivity index (χ4v) is 4.59. The van der Waals surface area contributed by atoms with Crippen LogP contribution in [0.4, 0.5) is 0 Å². The van der Waals surface area contributed by atoms with E-state index in [2.05, 4.69) is 0 Å². The molecule has 0 spiro atoms. The predicted molar refractivity (Wildman–Crippen MR) is 143 cm³/mol. The van der Waals surface area contributed by atoms with Gasteiger partial charge in [0.15, 0.2) is 11.5 Å². The van der Waals surface area contributed by atoms with Crippen LogP contribution >= 0.6 is 0 Å². The molecule has 5 rings (SSSR count). The predicted octanol–water partition coefficient (Wildman–Crippen LogP) is 5.50. The number of Topliss-reactive ketones (excluding diaryl/α,β-unsaturated/α-hetero) is 1. The Morgan fingerprint density at radius 1 is 0.897 bits per heavy atom. The molecule has 0 saturated carbocycles. The molecule has 1 aliphatic heterocycles. The fourth-order valence-electron chi connectivity index (χ4n) is 4.59. The lowest BCUT2D eigenvalue weighted by Gasteiger charge is -2.25. The topological polar surface area (TPSA) is 98.4 Å². The number of methoxy groups -OCH3 is 2. The summed E-state index contributed by atoms with van der Waals surface area (Å²) in [5.74, 6) is 0.0800. The van der Waals surface area contributed by atoms with E-state index in [0.29, 0.717) is 40.7 Å². The van der Waals surface area contributed by atoms with E-state index >= 15 is 0 Å². The quantitative estimate of drug-likeness (QED) is 0.175. The number of ketones is 1. The molecular formula is C31H27NO7. The van der Waals surface area contributed by atoms with Gasteiger partial charge in [-0.25, -0.2) is 0 Å². The number of aliphatic hydroxyl groups is 1. The van der Waals surface area contributed by atoms with Crippen molar-refractivity contribution in [1.82, 2.24) is 4.90 Å². The minimum absolute atomic E-state index is 0.0334. The SMILES string of the molecule is COc1cccc(C(O)=C2C(=O)C(=O)N(Cc3ccco3)C2c2ccc(OCc3ccccc3)c(OC)c2)c1. The molecule has 0 bridgehead atoms. The zero-order valence-electron chi connectivity index (χ0n) is 21.5. The van der Waals surface area contributed by atoms with Gasteiger partial charge in [0.2, 0.25) is 0 Å². The average molecular weight is 526 g/mol. The Bertz CT molecular complexity index is 1510. The maximum absolute atomic E-state index is 13.4. The van der Waals surface area contributed by atoms with Crippen LogP contribution in [-0.4, -0.2) is 35.9 Å². The van der Waals surface area contributed by atoms with Gasteiger partial charge in [0.25, 0.3) is 11.7 Å². The zero-order chi connectivity index (χ0) is 27.4. The summed E-state index contributed by atoms with van der Waals surface area (Å²) < 4.78 is 22.3. The molecule has 1 amide bonds. The summed E-state index contributed by atoms with van der Waals surface area (Å²) >= 11 is 0. The van der Waals surface area contributed by atoms with Crippen molar-refractivity contribution in [2.45, 2.75) is 19.2 Å². The van der Waals surface area contributed by atoms with Crippen LogP contribution in [0, 0.1) is 0 Å². The number of carbonyl (C=O) groups excluding carboxylic acids is 2. The van der Waals surface area contributed by atoms with E-state index in [1.807, 2.05) is 30.3 Å². The van der Waals surface area contributed by atoms with E-state index < -0.39 is 17.7 Å². The highest BCUT2D eigenvalue weighted by molar-refractivity contribution is 6.46. The highest BCUT2D eigenvalue weighted by atomic mass is 16.5. The molecule has 1 atom stereocenters. The summed E-state index contributed by atoms with van der Waals surface area (Å²) in [6.07, 6.45) is 1.50.